The zero-order valence-corrected chi connectivity index (χ0v) is 8.28. The molecule has 0 aliphatic heterocycles. The summed E-state index contributed by atoms with van der Waals surface area (Å²) in [5, 5.41) is 13.8. The van der Waals surface area contributed by atoms with Crippen LogP contribution in [-0.4, -0.2) is 19.9 Å². The minimum Gasteiger partial charge on any atom is -0.364 e. The lowest BCUT2D eigenvalue weighted by molar-refractivity contribution is 0.177. The Bertz CT molecular complexity index is 384. The van der Waals surface area contributed by atoms with Gasteiger partial charge in [-0.05, 0) is 12.1 Å². The van der Waals surface area contributed by atoms with Gasteiger partial charge in [0.2, 0.25) is 0 Å². The van der Waals surface area contributed by atoms with Crippen molar-refractivity contribution in [3.63, 3.8) is 0 Å². The highest BCUT2D eigenvalue weighted by Gasteiger charge is 2.04. The summed E-state index contributed by atoms with van der Waals surface area (Å²) in [6.07, 6.45) is 0. The first-order valence-corrected chi connectivity index (χ1v) is 4.31. The number of carbonyl (C=O) groups is 1. The van der Waals surface area contributed by atoms with Crippen molar-refractivity contribution in [1.29, 1.82) is 5.26 Å². The van der Waals surface area contributed by atoms with Crippen LogP contribution in [0, 0.1) is 11.3 Å². The van der Waals surface area contributed by atoms with Crippen LogP contribution in [0.25, 0.3) is 0 Å². The maximum Gasteiger partial charge on any atom is 0.321 e. The van der Waals surface area contributed by atoms with Crippen LogP contribution in [0.2, 0.25) is 0 Å². The lowest BCUT2D eigenvalue weighted by Gasteiger charge is -2.07. The van der Waals surface area contributed by atoms with Crippen molar-refractivity contribution in [2.75, 3.05) is 19.2 Å². The molecule has 2 amide bonds. The van der Waals surface area contributed by atoms with Gasteiger partial charge >= 0.3 is 6.03 Å². The highest BCUT2D eigenvalue weighted by Crippen LogP contribution is 2.12. The number of amides is 2. The number of hydrogen-bond donors (Lipinski definition) is 2. The first-order valence-electron chi connectivity index (χ1n) is 4.31. The van der Waals surface area contributed by atoms with Gasteiger partial charge in [-0.3, -0.25) is 0 Å². The molecule has 1 aromatic rings. The highest BCUT2D eigenvalue weighted by atomic mass is 16.5. The molecule has 15 heavy (non-hydrogen) atoms. The largest absolute Gasteiger partial charge is 0.364 e. The second-order valence-electron chi connectivity index (χ2n) is 2.72. The zero-order chi connectivity index (χ0) is 11.1. The fourth-order valence-corrected chi connectivity index (χ4v) is 0.994. The van der Waals surface area contributed by atoms with Crippen molar-refractivity contribution in [3.8, 4) is 6.07 Å². The summed E-state index contributed by atoms with van der Waals surface area (Å²) in [6, 6.07) is 8.34. The number of nitriles is 1. The number of rotatable bonds is 3. The molecule has 0 spiro atoms. The van der Waals surface area contributed by atoms with Crippen LogP contribution in [0.3, 0.4) is 0 Å². The van der Waals surface area contributed by atoms with E-state index in [0.29, 0.717) is 11.3 Å². The van der Waals surface area contributed by atoms with Gasteiger partial charge in [0.25, 0.3) is 0 Å². The monoisotopic (exact) mass is 205 g/mol. The van der Waals surface area contributed by atoms with Crippen molar-refractivity contribution >= 4 is 11.7 Å². The van der Waals surface area contributed by atoms with Crippen LogP contribution in [-0.2, 0) is 4.74 Å². The summed E-state index contributed by atoms with van der Waals surface area (Å²) < 4.78 is 4.67. The molecule has 0 aliphatic carbocycles. The highest BCUT2D eigenvalue weighted by molar-refractivity contribution is 5.90. The smallest absolute Gasteiger partial charge is 0.321 e. The Kier molecular flexibility index (Phi) is 4.13. The number of ether oxygens (including phenoxy) is 1. The molecule has 0 radical (unpaired) electrons. The Hall–Kier alpha value is -2.06. The molecule has 1 rings (SSSR count). The number of nitrogens with one attached hydrogen (secondary N) is 2. The quantitative estimate of drug-likeness (QED) is 0.730. The standard InChI is InChI=1S/C10H11N3O2/c1-15-7-12-10(14)13-9-5-3-2-4-8(9)6-11/h2-5H,7H2,1H3,(H2,12,13,14). The van der Waals surface area contributed by atoms with E-state index in [-0.39, 0.29) is 6.73 Å². The Morgan fingerprint density at radius 3 is 2.93 bits per heavy atom. The molecular weight excluding hydrogens is 194 g/mol. The van der Waals surface area contributed by atoms with Gasteiger partial charge in [-0.2, -0.15) is 5.26 Å². The summed E-state index contributed by atoms with van der Waals surface area (Å²) >= 11 is 0. The van der Waals surface area contributed by atoms with Gasteiger partial charge in [-0.1, -0.05) is 12.1 Å². The van der Waals surface area contributed by atoms with E-state index in [0.717, 1.165) is 0 Å². The van der Waals surface area contributed by atoms with Gasteiger partial charge in [0.15, 0.2) is 0 Å². The lowest BCUT2D eigenvalue weighted by Crippen LogP contribution is -2.30. The number of para-hydroxylation sites is 1. The Morgan fingerprint density at radius 1 is 1.53 bits per heavy atom. The minimum atomic E-state index is -0.403. The molecular formula is C10H11N3O2. The second kappa shape index (κ2) is 5.62. The predicted octanol–water partition coefficient (Wildman–Crippen LogP) is 1.28. The number of carbonyl (C=O) groups excluding carboxylic acids is 1. The fourth-order valence-electron chi connectivity index (χ4n) is 0.994. The van der Waals surface area contributed by atoms with E-state index in [2.05, 4.69) is 15.4 Å². The molecule has 0 bridgehead atoms. The third-order valence-electron chi connectivity index (χ3n) is 1.67. The van der Waals surface area contributed by atoms with E-state index >= 15 is 0 Å². The number of urea groups is 1. The van der Waals surface area contributed by atoms with Crippen molar-refractivity contribution in [3.05, 3.63) is 29.8 Å². The van der Waals surface area contributed by atoms with Crippen LogP contribution in [0.15, 0.2) is 24.3 Å². The molecule has 0 fully saturated rings. The first kappa shape index (κ1) is 11.0. The van der Waals surface area contributed by atoms with Crippen LogP contribution in [0.5, 0.6) is 0 Å². The van der Waals surface area contributed by atoms with Gasteiger partial charge in [-0.25, -0.2) is 4.79 Å². The summed E-state index contributed by atoms with van der Waals surface area (Å²) in [4.78, 5) is 11.2. The van der Waals surface area contributed by atoms with Gasteiger partial charge < -0.3 is 15.4 Å². The van der Waals surface area contributed by atoms with Gasteiger partial charge in [-0.15, -0.1) is 0 Å². The third-order valence-corrected chi connectivity index (χ3v) is 1.67. The molecule has 0 atom stereocenters. The van der Waals surface area contributed by atoms with Gasteiger partial charge in [0.1, 0.15) is 12.8 Å². The summed E-state index contributed by atoms with van der Waals surface area (Å²) in [7, 11) is 1.48. The van der Waals surface area contributed by atoms with Gasteiger partial charge in [0.05, 0.1) is 11.3 Å². The summed E-state index contributed by atoms with van der Waals surface area (Å²) in [6.45, 7) is 0.126. The van der Waals surface area contributed by atoms with E-state index in [1.165, 1.54) is 7.11 Å². The van der Waals surface area contributed by atoms with Crippen molar-refractivity contribution in [1.82, 2.24) is 5.32 Å². The Balaban J connectivity index is 2.64. The third kappa shape index (κ3) is 3.29. The molecule has 5 heteroatoms. The second-order valence-corrected chi connectivity index (χ2v) is 2.72. The SMILES string of the molecule is COCNC(=O)Nc1ccccc1C#N. The van der Waals surface area contributed by atoms with Crippen molar-refractivity contribution in [2.24, 2.45) is 0 Å². The number of methoxy groups -OCH3 is 1. The number of nitrogens with zero attached hydrogens (tertiary/aromatic N) is 1. The van der Waals surface area contributed by atoms with Crippen LogP contribution in [0.1, 0.15) is 5.56 Å². The molecule has 5 nitrogen and oxygen atoms in total. The van der Waals surface area contributed by atoms with E-state index in [9.17, 15) is 4.79 Å². The van der Waals surface area contributed by atoms with Gasteiger partial charge in [0, 0.05) is 7.11 Å². The molecule has 0 aromatic heterocycles. The molecule has 1 aromatic carbocycles. The maximum atomic E-state index is 11.2. The number of anilines is 1. The Labute approximate surface area is 87.7 Å². The average molecular weight is 205 g/mol. The summed E-state index contributed by atoms with van der Waals surface area (Å²) in [5.74, 6) is 0. The number of benzene rings is 1. The lowest BCUT2D eigenvalue weighted by atomic mass is 10.2. The molecule has 0 saturated heterocycles. The molecule has 2 N–H and O–H groups in total. The van der Waals surface area contributed by atoms with Crippen LogP contribution in [0.4, 0.5) is 10.5 Å². The van der Waals surface area contributed by atoms with E-state index in [4.69, 9.17) is 5.26 Å². The molecule has 0 saturated carbocycles. The summed E-state index contributed by atoms with van der Waals surface area (Å²) in [5.41, 5.74) is 0.902. The minimum absolute atomic E-state index is 0.126. The van der Waals surface area contributed by atoms with Crippen molar-refractivity contribution in [2.45, 2.75) is 0 Å². The predicted molar refractivity (Wildman–Crippen MR) is 55.2 cm³/mol. The molecule has 78 valence electrons. The van der Waals surface area contributed by atoms with Crippen LogP contribution < -0.4 is 10.6 Å². The zero-order valence-electron chi connectivity index (χ0n) is 8.28. The fraction of sp³-hybridized carbons (Fsp3) is 0.200. The van der Waals surface area contributed by atoms with E-state index in [1.54, 1.807) is 24.3 Å². The maximum absolute atomic E-state index is 11.2. The normalized spacial score (nSPS) is 9.07. The number of hydrogen-bond acceptors (Lipinski definition) is 3. The molecule has 0 heterocycles. The first-order chi connectivity index (χ1) is 7.27. The average Bonchev–Trinajstić information content (AvgIpc) is 2.27. The Morgan fingerprint density at radius 2 is 2.27 bits per heavy atom. The van der Waals surface area contributed by atoms with Crippen molar-refractivity contribution < 1.29 is 9.53 Å². The molecule has 0 aliphatic rings. The molecule has 0 unspecified atom stereocenters. The topological polar surface area (TPSA) is 74.2 Å². The van der Waals surface area contributed by atoms with Crippen LogP contribution >= 0.6 is 0 Å². The van der Waals surface area contributed by atoms with E-state index < -0.39 is 6.03 Å². The van der Waals surface area contributed by atoms with E-state index in [1.807, 2.05) is 6.07 Å².